The maximum atomic E-state index is 12.3. The van der Waals surface area contributed by atoms with E-state index in [2.05, 4.69) is 10.3 Å². The largest absolute Gasteiger partial charge is 0.376 e. The number of aromatic nitrogens is 1. The number of ether oxygens (including phenoxy) is 2. The summed E-state index contributed by atoms with van der Waals surface area (Å²) in [5.41, 5.74) is 3.56. The van der Waals surface area contributed by atoms with E-state index in [-0.39, 0.29) is 12.1 Å². The second-order valence-corrected chi connectivity index (χ2v) is 5.42. The second-order valence-electron chi connectivity index (χ2n) is 5.42. The number of carbonyl (C=O) groups excluding carboxylic acids is 1. The number of anilines is 1. The summed E-state index contributed by atoms with van der Waals surface area (Å²) in [7, 11) is 1.75. The molecule has 1 atom stereocenters. The Morgan fingerprint density at radius 1 is 1.43 bits per heavy atom. The first kappa shape index (κ1) is 15.7. The highest BCUT2D eigenvalue weighted by Gasteiger charge is 2.20. The molecule has 0 bridgehead atoms. The van der Waals surface area contributed by atoms with Gasteiger partial charge in [0.05, 0.1) is 43.9 Å². The zero-order valence-corrected chi connectivity index (χ0v) is 13.1. The lowest BCUT2D eigenvalue weighted by Gasteiger charge is -2.27. The fourth-order valence-corrected chi connectivity index (χ4v) is 2.45. The van der Waals surface area contributed by atoms with Crippen molar-refractivity contribution < 1.29 is 14.3 Å². The molecule has 0 radical (unpaired) electrons. The van der Waals surface area contributed by atoms with E-state index < -0.39 is 0 Å². The van der Waals surface area contributed by atoms with E-state index in [0.717, 1.165) is 22.6 Å². The van der Waals surface area contributed by atoms with Gasteiger partial charge in [0.25, 0.3) is 0 Å². The maximum Gasteiger partial charge on any atom is 0.321 e. The molecule has 1 saturated heterocycles. The molecule has 6 heteroatoms. The van der Waals surface area contributed by atoms with Gasteiger partial charge in [-0.3, -0.25) is 4.98 Å². The van der Waals surface area contributed by atoms with Crippen LogP contribution in [-0.4, -0.2) is 55.4 Å². The third-order valence-corrected chi connectivity index (χ3v) is 3.47. The van der Waals surface area contributed by atoms with Gasteiger partial charge in [-0.15, -0.1) is 0 Å². The number of rotatable bonds is 3. The Bertz CT molecular complexity index is 490. The van der Waals surface area contributed by atoms with Crippen molar-refractivity contribution in [1.82, 2.24) is 9.88 Å². The van der Waals surface area contributed by atoms with E-state index in [1.807, 2.05) is 26.8 Å². The number of urea groups is 1. The summed E-state index contributed by atoms with van der Waals surface area (Å²) in [5, 5.41) is 2.92. The third kappa shape index (κ3) is 4.15. The van der Waals surface area contributed by atoms with Gasteiger partial charge in [0.1, 0.15) is 0 Å². The van der Waals surface area contributed by atoms with Crippen LogP contribution in [0.25, 0.3) is 0 Å². The predicted molar refractivity (Wildman–Crippen MR) is 80.7 cm³/mol. The first-order valence-corrected chi connectivity index (χ1v) is 7.13. The first-order chi connectivity index (χ1) is 9.97. The predicted octanol–water partition coefficient (Wildman–Crippen LogP) is 1.89. The lowest BCUT2D eigenvalue weighted by Crippen LogP contribution is -2.42. The van der Waals surface area contributed by atoms with Crippen molar-refractivity contribution in [2.45, 2.75) is 26.9 Å². The number of amides is 2. The molecule has 1 aromatic rings. The van der Waals surface area contributed by atoms with Crippen molar-refractivity contribution in [3.63, 3.8) is 0 Å². The van der Waals surface area contributed by atoms with E-state index in [4.69, 9.17) is 9.47 Å². The summed E-state index contributed by atoms with van der Waals surface area (Å²) < 4.78 is 10.9. The molecule has 0 saturated carbocycles. The standard InChI is InChI=1S/C15H23N3O3/c1-10-7-11(2)16-12(3)14(10)17-15(19)18(4)8-13-9-20-5-6-21-13/h7,13H,5-6,8-9H2,1-4H3,(H,17,19)/t13-/m0/s1. The van der Waals surface area contributed by atoms with Gasteiger partial charge in [-0.2, -0.15) is 0 Å². The van der Waals surface area contributed by atoms with Crippen molar-refractivity contribution in [3.8, 4) is 0 Å². The molecule has 2 amide bonds. The number of carbonyl (C=O) groups is 1. The zero-order chi connectivity index (χ0) is 15.4. The molecule has 21 heavy (non-hydrogen) atoms. The summed E-state index contributed by atoms with van der Waals surface area (Å²) in [6.45, 7) is 8.05. The quantitative estimate of drug-likeness (QED) is 0.924. The van der Waals surface area contributed by atoms with Crippen LogP contribution in [0.2, 0.25) is 0 Å². The lowest BCUT2D eigenvalue weighted by molar-refractivity contribution is -0.0925. The van der Waals surface area contributed by atoms with Gasteiger partial charge in [0, 0.05) is 12.7 Å². The average Bonchev–Trinajstić information content (AvgIpc) is 2.43. The Balaban J connectivity index is 1.97. The molecular formula is C15H23N3O3. The molecular weight excluding hydrogens is 270 g/mol. The average molecular weight is 293 g/mol. The summed E-state index contributed by atoms with van der Waals surface area (Å²) in [5.74, 6) is 0. The maximum absolute atomic E-state index is 12.3. The van der Waals surface area contributed by atoms with Crippen LogP contribution >= 0.6 is 0 Å². The number of nitrogens with one attached hydrogen (secondary N) is 1. The molecule has 1 N–H and O–H groups in total. The highest BCUT2D eigenvalue weighted by molar-refractivity contribution is 5.90. The van der Waals surface area contributed by atoms with E-state index in [9.17, 15) is 4.79 Å². The van der Waals surface area contributed by atoms with Crippen molar-refractivity contribution >= 4 is 11.7 Å². The van der Waals surface area contributed by atoms with E-state index in [1.54, 1.807) is 11.9 Å². The Morgan fingerprint density at radius 2 is 2.19 bits per heavy atom. The van der Waals surface area contributed by atoms with Gasteiger partial charge in [-0.05, 0) is 32.4 Å². The summed E-state index contributed by atoms with van der Waals surface area (Å²) in [6, 6.07) is 1.79. The molecule has 0 spiro atoms. The highest BCUT2D eigenvalue weighted by atomic mass is 16.6. The van der Waals surface area contributed by atoms with Crippen LogP contribution in [0.15, 0.2) is 6.07 Å². The van der Waals surface area contributed by atoms with Crippen molar-refractivity contribution in [2.75, 3.05) is 38.7 Å². The second kappa shape index (κ2) is 6.87. The third-order valence-electron chi connectivity index (χ3n) is 3.47. The van der Waals surface area contributed by atoms with E-state index in [1.165, 1.54) is 0 Å². The number of aryl methyl sites for hydroxylation is 3. The molecule has 2 rings (SSSR count). The Kier molecular flexibility index (Phi) is 5.14. The molecule has 2 heterocycles. The highest BCUT2D eigenvalue weighted by Crippen LogP contribution is 2.19. The van der Waals surface area contributed by atoms with E-state index in [0.29, 0.717) is 26.4 Å². The molecule has 0 aliphatic carbocycles. The van der Waals surface area contributed by atoms with Crippen LogP contribution in [0.4, 0.5) is 10.5 Å². The van der Waals surface area contributed by atoms with Gasteiger partial charge >= 0.3 is 6.03 Å². The number of pyridine rings is 1. The summed E-state index contributed by atoms with van der Waals surface area (Å²) in [6.07, 6.45) is -0.0622. The van der Waals surface area contributed by atoms with Crippen LogP contribution in [0, 0.1) is 20.8 Å². The molecule has 1 fully saturated rings. The number of likely N-dealkylation sites (N-methyl/N-ethyl adjacent to an activating group) is 1. The van der Waals surface area contributed by atoms with Crippen molar-refractivity contribution in [3.05, 3.63) is 23.0 Å². The van der Waals surface area contributed by atoms with Gasteiger partial charge in [0.15, 0.2) is 0 Å². The van der Waals surface area contributed by atoms with E-state index >= 15 is 0 Å². The first-order valence-electron chi connectivity index (χ1n) is 7.13. The number of hydrogen-bond donors (Lipinski definition) is 1. The summed E-state index contributed by atoms with van der Waals surface area (Å²) >= 11 is 0. The zero-order valence-electron chi connectivity index (χ0n) is 13.1. The molecule has 1 aliphatic heterocycles. The molecule has 0 aromatic carbocycles. The molecule has 1 aliphatic rings. The van der Waals surface area contributed by atoms with Crippen LogP contribution in [0.5, 0.6) is 0 Å². The van der Waals surface area contributed by atoms with Gasteiger partial charge < -0.3 is 19.7 Å². The fourth-order valence-electron chi connectivity index (χ4n) is 2.45. The minimum Gasteiger partial charge on any atom is -0.376 e. The van der Waals surface area contributed by atoms with Gasteiger partial charge in [-0.1, -0.05) is 0 Å². The Hall–Kier alpha value is -1.66. The van der Waals surface area contributed by atoms with Crippen molar-refractivity contribution in [1.29, 1.82) is 0 Å². The Labute approximate surface area is 125 Å². The van der Waals surface area contributed by atoms with Crippen LogP contribution < -0.4 is 5.32 Å². The minimum absolute atomic E-state index is 0.0622. The van der Waals surface area contributed by atoms with Crippen molar-refractivity contribution in [2.24, 2.45) is 0 Å². The monoisotopic (exact) mass is 293 g/mol. The smallest absolute Gasteiger partial charge is 0.321 e. The molecule has 116 valence electrons. The van der Waals surface area contributed by atoms with Gasteiger partial charge in [-0.25, -0.2) is 4.79 Å². The van der Waals surface area contributed by atoms with Crippen LogP contribution in [-0.2, 0) is 9.47 Å². The molecule has 6 nitrogen and oxygen atoms in total. The normalized spacial score (nSPS) is 18.4. The molecule has 1 aromatic heterocycles. The number of nitrogens with zero attached hydrogens (tertiary/aromatic N) is 2. The topological polar surface area (TPSA) is 63.7 Å². The SMILES string of the molecule is Cc1cc(C)c(NC(=O)N(C)C[C@H]2COCCO2)c(C)n1. The number of hydrogen-bond acceptors (Lipinski definition) is 4. The van der Waals surface area contributed by atoms with Crippen LogP contribution in [0.1, 0.15) is 17.0 Å². The Morgan fingerprint density at radius 3 is 2.81 bits per heavy atom. The fraction of sp³-hybridized carbons (Fsp3) is 0.600. The minimum atomic E-state index is -0.166. The van der Waals surface area contributed by atoms with Gasteiger partial charge in [0.2, 0.25) is 0 Å². The summed E-state index contributed by atoms with van der Waals surface area (Å²) in [4.78, 5) is 18.3. The lowest BCUT2D eigenvalue weighted by atomic mass is 10.1. The molecule has 0 unspecified atom stereocenters. The van der Waals surface area contributed by atoms with Crippen LogP contribution in [0.3, 0.4) is 0 Å².